The summed E-state index contributed by atoms with van der Waals surface area (Å²) >= 11 is 0. The molecule has 142 valence electrons. The van der Waals surface area contributed by atoms with Crippen LogP contribution >= 0.6 is 0 Å². The van der Waals surface area contributed by atoms with Crippen molar-refractivity contribution in [2.24, 2.45) is 0 Å². The molecule has 1 aromatic rings. The number of rotatable bonds is 13. The van der Waals surface area contributed by atoms with Crippen LogP contribution in [0.15, 0.2) is 18.6 Å². The maximum Gasteiger partial charge on any atom is 0.223 e. The van der Waals surface area contributed by atoms with Crippen LogP contribution in [0.2, 0.25) is 0 Å². The summed E-state index contributed by atoms with van der Waals surface area (Å²) in [5.74, 6) is 0.213. The molecule has 1 amide bonds. The van der Waals surface area contributed by atoms with E-state index in [0.717, 1.165) is 58.1 Å². The van der Waals surface area contributed by atoms with Crippen LogP contribution in [-0.2, 0) is 11.2 Å². The second kappa shape index (κ2) is 12.8. The van der Waals surface area contributed by atoms with Gasteiger partial charge in [-0.1, -0.05) is 27.7 Å². The van der Waals surface area contributed by atoms with Crippen molar-refractivity contribution in [1.29, 1.82) is 0 Å². The number of aryl methyl sites for hydroxylation is 1. The Morgan fingerprint density at radius 1 is 0.880 bits per heavy atom. The molecular weight excluding hydrogens is 314 g/mol. The minimum atomic E-state index is 0.213. The van der Waals surface area contributed by atoms with Crippen molar-refractivity contribution in [3.63, 3.8) is 0 Å². The zero-order valence-corrected chi connectivity index (χ0v) is 16.4. The Morgan fingerprint density at radius 3 is 1.88 bits per heavy atom. The Balaban J connectivity index is 2.58. The Bertz CT molecular complexity index is 444. The van der Waals surface area contributed by atoms with E-state index in [4.69, 9.17) is 0 Å². The number of hydrogen-bond donors (Lipinski definition) is 0. The van der Waals surface area contributed by atoms with Gasteiger partial charge in [-0.2, -0.15) is 0 Å². The fourth-order valence-corrected chi connectivity index (χ4v) is 2.82. The summed E-state index contributed by atoms with van der Waals surface area (Å²) in [4.78, 5) is 27.8. The molecule has 0 spiro atoms. The molecule has 6 heteroatoms. The van der Waals surface area contributed by atoms with Gasteiger partial charge in [0.1, 0.15) is 0 Å². The van der Waals surface area contributed by atoms with Crippen LogP contribution < -0.4 is 0 Å². The molecule has 0 fully saturated rings. The van der Waals surface area contributed by atoms with E-state index in [2.05, 4.69) is 47.5 Å². The van der Waals surface area contributed by atoms with Crippen LogP contribution in [0.1, 0.15) is 39.8 Å². The standard InChI is InChI=1S/C19H35N5O/c1-5-22(6-2)13-15-24(16-14-23(7-3)8-4)19(25)10-9-18-17-20-11-12-21-18/h11-12,17H,5-10,13-16H2,1-4H3. The fraction of sp³-hybridized carbons (Fsp3) is 0.737. The first kappa shape index (κ1) is 21.5. The van der Waals surface area contributed by atoms with Gasteiger partial charge in [-0.25, -0.2) is 0 Å². The molecule has 0 N–H and O–H groups in total. The predicted molar refractivity (Wildman–Crippen MR) is 103 cm³/mol. The Hall–Kier alpha value is -1.53. The van der Waals surface area contributed by atoms with E-state index >= 15 is 0 Å². The minimum Gasteiger partial charge on any atom is -0.340 e. The maximum atomic E-state index is 12.7. The SMILES string of the molecule is CCN(CC)CCN(CCN(CC)CC)C(=O)CCc1cnccn1. The van der Waals surface area contributed by atoms with Gasteiger partial charge in [-0.05, 0) is 32.6 Å². The van der Waals surface area contributed by atoms with E-state index in [-0.39, 0.29) is 5.91 Å². The van der Waals surface area contributed by atoms with E-state index in [1.54, 1.807) is 18.6 Å². The highest BCUT2D eigenvalue weighted by molar-refractivity contribution is 5.76. The molecule has 25 heavy (non-hydrogen) atoms. The van der Waals surface area contributed by atoms with Gasteiger partial charge in [-0.3, -0.25) is 14.8 Å². The first-order chi connectivity index (χ1) is 12.1. The van der Waals surface area contributed by atoms with Crippen molar-refractivity contribution in [2.45, 2.75) is 40.5 Å². The molecule has 0 bridgehead atoms. The van der Waals surface area contributed by atoms with Gasteiger partial charge in [0.2, 0.25) is 5.91 Å². The summed E-state index contributed by atoms with van der Waals surface area (Å²) in [5, 5.41) is 0. The van der Waals surface area contributed by atoms with Crippen LogP contribution in [0.5, 0.6) is 0 Å². The van der Waals surface area contributed by atoms with Gasteiger partial charge >= 0.3 is 0 Å². The third kappa shape index (κ3) is 8.40. The van der Waals surface area contributed by atoms with E-state index in [9.17, 15) is 4.79 Å². The monoisotopic (exact) mass is 349 g/mol. The molecular formula is C19H35N5O. The van der Waals surface area contributed by atoms with Crippen molar-refractivity contribution in [3.05, 3.63) is 24.3 Å². The van der Waals surface area contributed by atoms with Crippen LogP contribution in [0.4, 0.5) is 0 Å². The van der Waals surface area contributed by atoms with Crippen molar-refractivity contribution in [3.8, 4) is 0 Å². The van der Waals surface area contributed by atoms with Crippen LogP contribution in [0.3, 0.4) is 0 Å². The molecule has 6 nitrogen and oxygen atoms in total. The average Bonchev–Trinajstić information content (AvgIpc) is 2.66. The first-order valence-electron chi connectivity index (χ1n) is 9.61. The van der Waals surface area contributed by atoms with Gasteiger partial charge in [0.05, 0.1) is 5.69 Å². The molecule has 0 atom stereocenters. The van der Waals surface area contributed by atoms with E-state index in [1.165, 1.54) is 0 Å². The van der Waals surface area contributed by atoms with E-state index < -0.39 is 0 Å². The second-order valence-electron chi connectivity index (χ2n) is 6.13. The number of aromatic nitrogens is 2. The van der Waals surface area contributed by atoms with Crippen molar-refractivity contribution >= 4 is 5.91 Å². The second-order valence-corrected chi connectivity index (χ2v) is 6.13. The van der Waals surface area contributed by atoms with Gasteiger partial charge in [0, 0.05) is 51.2 Å². The summed E-state index contributed by atoms with van der Waals surface area (Å²) in [6.45, 7) is 16.2. The third-order valence-corrected chi connectivity index (χ3v) is 4.73. The lowest BCUT2D eigenvalue weighted by atomic mass is 10.2. The highest BCUT2D eigenvalue weighted by Crippen LogP contribution is 2.03. The van der Waals surface area contributed by atoms with Gasteiger partial charge in [0.25, 0.3) is 0 Å². The summed E-state index contributed by atoms with van der Waals surface area (Å²) in [7, 11) is 0. The van der Waals surface area contributed by atoms with Crippen molar-refractivity contribution in [1.82, 2.24) is 24.7 Å². The maximum absolute atomic E-state index is 12.7. The number of likely N-dealkylation sites (N-methyl/N-ethyl adjacent to an activating group) is 2. The molecule has 0 radical (unpaired) electrons. The lowest BCUT2D eigenvalue weighted by Crippen LogP contribution is -2.43. The molecule has 0 saturated heterocycles. The Labute approximate surface area is 153 Å². The normalized spacial score (nSPS) is 11.3. The van der Waals surface area contributed by atoms with Crippen LogP contribution in [-0.4, -0.2) is 82.9 Å². The summed E-state index contributed by atoms with van der Waals surface area (Å²) < 4.78 is 0. The Kier molecular flexibility index (Phi) is 11.0. The zero-order chi connectivity index (χ0) is 18.5. The van der Waals surface area contributed by atoms with Gasteiger partial charge < -0.3 is 14.7 Å². The molecule has 0 unspecified atom stereocenters. The number of carbonyl (C=O) groups is 1. The molecule has 1 heterocycles. The van der Waals surface area contributed by atoms with Crippen LogP contribution in [0.25, 0.3) is 0 Å². The van der Waals surface area contributed by atoms with E-state index in [0.29, 0.717) is 12.8 Å². The number of hydrogen-bond acceptors (Lipinski definition) is 5. The number of nitrogens with zero attached hydrogens (tertiary/aromatic N) is 5. The minimum absolute atomic E-state index is 0.213. The lowest BCUT2D eigenvalue weighted by Gasteiger charge is -2.29. The molecule has 0 saturated carbocycles. The smallest absolute Gasteiger partial charge is 0.223 e. The topological polar surface area (TPSA) is 52.6 Å². The molecule has 0 aliphatic heterocycles. The quantitative estimate of drug-likeness (QED) is 0.545. The largest absolute Gasteiger partial charge is 0.340 e. The zero-order valence-electron chi connectivity index (χ0n) is 16.4. The molecule has 0 aliphatic rings. The van der Waals surface area contributed by atoms with E-state index in [1.807, 2.05) is 4.90 Å². The third-order valence-electron chi connectivity index (χ3n) is 4.73. The number of amides is 1. The van der Waals surface area contributed by atoms with Gasteiger partial charge in [0.15, 0.2) is 0 Å². The molecule has 0 aliphatic carbocycles. The highest BCUT2D eigenvalue weighted by atomic mass is 16.2. The lowest BCUT2D eigenvalue weighted by molar-refractivity contribution is -0.131. The summed E-state index contributed by atoms with van der Waals surface area (Å²) in [6.07, 6.45) is 6.22. The molecule has 0 aromatic carbocycles. The first-order valence-corrected chi connectivity index (χ1v) is 9.61. The summed E-state index contributed by atoms with van der Waals surface area (Å²) in [6, 6.07) is 0. The molecule has 1 aromatic heterocycles. The van der Waals surface area contributed by atoms with Crippen molar-refractivity contribution < 1.29 is 4.79 Å². The fourth-order valence-electron chi connectivity index (χ4n) is 2.82. The summed E-state index contributed by atoms with van der Waals surface area (Å²) in [5.41, 5.74) is 0.878. The average molecular weight is 350 g/mol. The van der Waals surface area contributed by atoms with Crippen LogP contribution in [0, 0.1) is 0 Å². The van der Waals surface area contributed by atoms with Gasteiger partial charge in [-0.15, -0.1) is 0 Å². The van der Waals surface area contributed by atoms with Crippen molar-refractivity contribution in [2.75, 3.05) is 52.4 Å². The highest BCUT2D eigenvalue weighted by Gasteiger charge is 2.15. The molecule has 1 rings (SSSR count). The Morgan fingerprint density at radius 2 is 1.44 bits per heavy atom. The predicted octanol–water partition coefficient (Wildman–Crippen LogP) is 1.92. The number of carbonyl (C=O) groups excluding carboxylic acids is 1.